The van der Waals surface area contributed by atoms with Crippen LogP contribution in [0.3, 0.4) is 0 Å². The van der Waals surface area contributed by atoms with E-state index in [2.05, 4.69) is 20.4 Å². The Morgan fingerprint density at radius 1 is 1.07 bits per heavy atom. The molecule has 9 nitrogen and oxygen atoms in total. The Kier molecular flexibility index (Phi) is 6.62. The molecule has 0 aliphatic rings. The third-order valence-corrected chi connectivity index (χ3v) is 4.21. The molecule has 11 heteroatoms. The van der Waals surface area contributed by atoms with Crippen molar-refractivity contribution in [3.63, 3.8) is 0 Å². The van der Waals surface area contributed by atoms with E-state index in [4.69, 9.17) is 19.3 Å². The van der Waals surface area contributed by atoms with Crippen molar-refractivity contribution in [1.82, 2.24) is 19.7 Å². The van der Waals surface area contributed by atoms with E-state index in [1.54, 1.807) is 10.7 Å². The first-order valence-corrected chi connectivity index (χ1v) is 8.92. The van der Waals surface area contributed by atoms with Gasteiger partial charge in [-0.25, -0.2) is 18.7 Å². The molecule has 2 N–H and O–H groups in total. The first-order chi connectivity index (χ1) is 14.5. The van der Waals surface area contributed by atoms with E-state index in [9.17, 15) is 8.78 Å². The molecule has 0 aliphatic carbocycles. The van der Waals surface area contributed by atoms with Crippen molar-refractivity contribution in [2.24, 2.45) is 0 Å². The van der Waals surface area contributed by atoms with E-state index >= 15 is 0 Å². The molecule has 2 heterocycles. The minimum Gasteiger partial charge on any atom is -0.494 e. The number of methoxy groups -OCH3 is 2. The smallest absolute Gasteiger partial charge is 0.228 e. The highest BCUT2D eigenvalue weighted by Crippen LogP contribution is 2.32. The van der Waals surface area contributed by atoms with Gasteiger partial charge >= 0.3 is 0 Å². The fraction of sp³-hybridized carbons (Fsp3) is 0.316. The maximum Gasteiger partial charge on any atom is 0.228 e. The summed E-state index contributed by atoms with van der Waals surface area (Å²) in [6, 6.07) is 2.91. The molecule has 0 aliphatic heterocycles. The average Bonchev–Trinajstić information content (AvgIpc) is 3.08. The molecule has 0 bridgehead atoms. The topological polar surface area (TPSA) is 104 Å². The molecule has 3 rings (SSSR count). The van der Waals surface area contributed by atoms with Crippen LogP contribution in [0.4, 0.5) is 20.5 Å². The minimum absolute atomic E-state index is 0.0230. The zero-order valence-corrected chi connectivity index (χ0v) is 16.6. The van der Waals surface area contributed by atoms with Crippen molar-refractivity contribution in [3.8, 4) is 17.2 Å². The van der Waals surface area contributed by atoms with E-state index in [1.807, 2.05) is 6.92 Å². The summed E-state index contributed by atoms with van der Waals surface area (Å²) in [6.07, 6.45) is 2.72. The van der Waals surface area contributed by atoms with Crippen molar-refractivity contribution in [3.05, 3.63) is 47.4 Å². The molecule has 30 heavy (non-hydrogen) atoms. The number of aliphatic hydroxyl groups is 1. The lowest BCUT2D eigenvalue weighted by Gasteiger charge is -2.13. The maximum absolute atomic E-state index is 14.4. The van der Waals surface area contributed by atoms with Gasteiger partial charge in [-0.05, 0) is 6.92 Å². The third-order valence-electron chi connectivity index (χ3n) is 4.21. The van der Waals surface area contributed by atoms with Crippen LogP contribution in [0.1, 0.15) is 11.3 Å². The normalized spacial score (nSPS) is 10.7. The van der Waals surface area contributed by atoms with E-state index in [-0.39, 0.29) is 35.4 Å². The van der Waals surface area contributed by atoms with Crippen LogP contribution in [0.25, 0.3) is 0 Å². The number of anilines is 2. The van der Waals surface area contributed by atoms with Crippen molar-refractivity contribution >= 4 is 11.8 Å². The second kappa shape index (κ2) is 9.35. The highest BCUT2D eigenvalue weighted by molar-refractivity contribution is 5.48. The highest BCUT2D eigenvalue weighted by atomic mass is 19.1. The fourth-order valence-electron chi connectivity index (χ4n) is 2.68. The summed E-state index contributed by atoms with van der Waals surface area (Å²) >= 11 is 0. The van der Waals surface area contributed by atoms with Gasteiger partial charge in [0.15, 0.2) is 34.7 Å². The van der Waals surface area contributed by atoms with Crippen LogP contribution in [-0.4, -0.2) is 45.7 Å². The molecule has 0 saturated heterocycles. The Bertz CT molecular complexity index is 983. The molecule has 1 aromatic carbocycles. The number of hydrogen-bond acceptors (Lipinski definition) is 8. The molecule has 0 atom stereocenters. The van der Waals surface area contributed by atoms with Crippen LogP contribution >= 0.6 is 0 Å². The van der Waals surface area contributed by atoms with E-state index in [0.717, 1.165) is 11.8 Å². The molecule has 0 fully saturated rings. The maximum atomic E-state index is 14.4. The number of halogens is 2. The van der Waals surface area contributed by atoms with Crippen molar-refractivity contribution in [2.75, 3.05) is 26.1 Å². The number of aryl methyl sites for hydroxylation is 1. The molecule has 0 saturated carbocycles. The Balaban J connectivity index is 1.69. The summed E-state index contributed by atoms with van der Waals surface area (Å²) < 4.78 is 45.6. The van der Waals surface area contributed by atoms with Crippen LogP contribution in [0.5, 0.6) is 17.2 Å². The minimum atomic E-state index is -0.871. The molecule has 160 valence electrons. The largest absolute Gasteiger partial charge is 0.494 e. The Morgan fingerprint density at radius 2 is 1.70 bits per heavy atom. The monoisotopic (exact) mass is 421 g/mol. The van der Waals surface area contributed by atoms with Crippen LogP contribution in [-0.2, 0) is 13.2 Å². The van der Waals surface area contributed by atoms with Crippen LogP contribution in [0.15, 0.2) is 24.5 Å². The summed E-state index contributed by atoms with van der Waals surface area (Å²) in [5, 5.41) is 16.2. The van der Waals surface area contributed by atoms with Crippen LogP contribution < -0.4 is 19.5 Å². The predicted molar refractivity (Wildman–Crippen MR) is 103 cm³/mol. The van der Waals surface area contributed by atoms with Gasteiger partial charge in [0.25, 0.3) is 0 Å². The first kappa shape index (κ1) is 21.2. The molecule has 0 amide bonds. The zero-order chi connectivity index (χ0) is 21.7. The van der Waals surface area contributed by atoms with Gasteiger partial charge in [0, 0.05) is 17.8 Å². The lowest BCUT2D eigenvalue weighted by molar-refractivity contribution is 0.268. The number of nitrogens with one attached hydrogen (secondary N) is 1. The Labute approximate surface area is 171 Å². The third kappa shape index (κ3) is 4.57. The molecule has 2 aromatic heterocycles. The second-order valence-corrected chi connectivity index (χ2v) is 6.16. The van der Waals surface area contributed by atoms with Crippen LogP contribution in [0.2, 0.25) is 0 Å². The number of rotatable bonds is 9. The standard InChI is InChI=1S/C19H21F2N5O4/c1-11-6-16(25-26(11)4-5-27)24-19-22-8-12(9-23-19)30-10-13-17(20)14(28-2)7-15(29-3)18(13)21/h6-9,27H,4-5,10H2,1-3H3,(H,22,23,24,25). The number of benzene rings is 1. The van der Waals surface area contributed by atoms with Crippen LogP contribution in [0, 0.1) is 18.6 Å². The van der Waals surface area contributed by atoms with Crippen molar-refractivity contribution < 1.29 is 28.1 Å². The van der Waals surface area contributed by atoms with Gasteiger partial charge in [0.1, 0.15) is 6.61 Å². The quantitative estimate of drug-likeness (QED) is 0.544. The number of aliphatic hydroxyl groups excluding tert-OH is 1. The lowest BCUT2D eigenvalue weighted by atomic mass is 10.1. The highest BCUT2D eigenvalue weighted by Gasteiger charge is 2.20. The average molecular weight is 421 g/mol. The number of hydrogen-bond donors (Lipinski definition) is 2. The summed E-state index contributed by atoms with van der Waals surface area (Å²) in [6.45, 7) is 1.80. The SMILES string of the molecule is COc1cc(OC)c(F)c(COc2cnc(Nc3cc(C)n(CCO)n3)nc2)c1F. The van der Waals surface area contributed by atoms with Gasteiger partial charge in [-0.15, -0.1) is 0 Å². The Hall–Kier alpha value is -3.47. The van der Waals surface area contributed by atoms with Gasteiger partial charge in [-0.2, -0.15) is 5.10 Å². The second-order valence-electron chi connectivity index (χ2n) is 6.16. The predicted octanol–water partition coefficient (Wildman–Crippen LogP) is 2.59. The first-order valence-electron chi connectivity index (χ1n) is 8.92. The van der Waals surface area contributed by atoms with E-state index < -0.39 is 18.2 Å². The fourth-order valence-corrected chi connectivity index (χ4v) is 2.68. The van der Waals surface area contributed by atoms with Gasteiger partial charge in [0.05, 0.1) is 45.3 Å². The Morgan fingerprint density at radius 3 is 2.27 bits per heavy atom. The molecular formula is C19H21F2N5O4. The van der Waals surface area contributed by atoms with E-state index in [0.29, 0.717) is 12.4 Å². The summed E-state index contributed by atoms with van der Waals surface area (Å²) in [7, 11) is 2.54. The molecular weight excluding hydrogens is 400 g/mol. The van der Waals surface area contributed by atoms with Gasteiger partial charge in [-0.1, -0.05) is 0 Å². The molecule has 0 radical (unpaired) electrons. The van der Waals surface area contributed by atoms with E-state index in [1.165, 1.54) is 26.6 Å². The summed E-state index contributed by atoms with van der Waals surface area (Å²) in [4.78, 5) is 8.20. The molecule has 0 unspecified atom stereocenters. The summed E-state index contributed by atoms with van der Waals surface area (Å²) in [5.74, 6) is -1.06. The van der Waals surface area contributed by atoms with Gasteiger partial charge in [0.2, 0.25) is 5.95 Å². The van der Waals surface area contributed by atoms with Gasteiger partial charge < -0.3 is 24.6 Å². The molecule has 0 spiro atoms. The lowest BCUT2D eigenvalue weighted by Crippen LogP contribution is -2.07. The number of nitrogens with zero attached hydrogens (tertiary/aromatic N) is 4. The van der Waals surface area contributed by atoms with Crippen molar-refractivity contribution in [1.29, 1.82) is 0 Å². The molecule has 3 aromatic rings. The van der Waals surface area contributed by atoms with Gasteiger partial charge in [-0.3, -0.25) is 4.68 Å². The summed E-state index contributed by atoms with van der Waals surface area (Å²) in [5.41, 5.74) is 0.530. The zero-order valence-electron chi connectivity index (χ0n) is 16.6. The van der Waals surface area contributed by atoms with Crippen molar-refractivity contribution in [2.45, 2.75) is 20.1 Å². The number of aromatic nitrogens is 4. The number of ether oxygens (including phenoxy) is 3.